The fourth-order valence-electron chi connectivity index (χ4n) is 2.65. The van der Waals surface area contributed by atoms with Gasteiger partial charge in [0.2, 0.25) is 6.41 Å². The summed E-state index contributed by atoms with van der Waals surface area (Å²) in [6, 6.07) is 13.0. The normalized spacial score (nSPS) is 11.3. The summed E-state index contributed by atoms with van der Waals surface area (Å²) >= 11 is 0. The van der Waals surface area contributed by atoms with Gasteiger partial charge in [-0.3, -0.25) is 9.59 Å². The van der Waals surface area contributed by atoms with Crippen molar-refractivity contribution in [3.63, 3.8) is 0 Å². The highest BCUT2D eigenvalue weighted by molar-refractivity contribution is 7.27. The standard InChI is InChI=1S/C22H28FN4O4P/c1-26(12-3-13-28)22(30)20(24-14-16-4-10-19(32)11-5-16)21(27(2)15-29)25-31-18-8-6-17(23)7-9-18/h4-11,15,24-25,28H,3,12-14,32H2,1-2H3/b21-20+. The fraction of sp³-hybridized carbons (Fsp3) is 0.273. The molecule has 0 bridgehead atoms. The van der Waals surface area contributed by atoms with Gasteiger partial charge < -0.3 is 25.1 Å². The average Bonchev–Trinajstić information content (AvgIpc) is 2.80. The van der Waals surface area contributed by atoms with E-state index in [9.17, 15) is 14.0 Å². The van der Waals surface area contributed by atoms with E-state index in [1.165, 1.54) is 36.2 Å². The first kappa shape index (κ1) is 25.1. The summed E-state index contributed by atoms with van der Waals surface area (Å²) in [6.07, 6.45) is 0.936. The maximum atomic E-state index is 13.2. The smallest absolute Gasteiger partial charge is 0.273 e. The minimum Gasteiger partial charge on any atom is -0.396 e. The van der Waals surface area contributed by atoms with Crippen LogP contribution in [0, 0.1) is 5.82 Å². The number of benzene rings is 2. The average molecular weight is 462 g/mol. The number of amides is 2. The van der Waals surface area contributed by atoms with Crippen LogP contribution in [-0.4, -0.2) is 54.5 Å². The molecule has 8 nitrogen and oxygen atoms in total. The van der Waals surface area contributed by atoms with Gasteiger partial charge in [-0.2, -0.15) is 0 Å². The van der Waals surface area contributed by atoms with E-state index in [1.807, 2.05) is 24.3 Å². The lowest BCUT2D eigenvalue weighted by atomic mass is 10.2. The summed E-state index contributed by atoms with van der Waals surface area (Å²) in [6.45, 7) is 0.575. The van der Waals surface area contributed by atoms with Crippen LogP contribution in [0.4, 0.5) is 4.39 Å². The number of rotatable bonds is 12. The maximum Gasteiger partial charge on any atom is 0.273 e. The Kier molecular flexibility index (Phi) is 9.91. The molecule has 2 amide bonds. The second-order valence-corrected chi connectivity index (χ2v) is 7.66. The molecule has 172 valence electrons. The van der Waals surface area contributed by atoms with Crippen molar-refractivity contribution in [1.82, 2.24) is 20.6 Å². The van der Waals surface area contributed by atoms with Crippen LogP contribution in [0.1, 0.15) is 12.0 Å². The predicted octanol–water partition coefficient (Wildman–Crippen LogP) is 1.10. The molecule has 2 rings (SSSR count). The molecule has 32 heavy (non-hydrogen) atoms. The van der Waals surface area contributed by atoms with Gasteiger partial charge in [0.15, 0.2) is 11.6 Å². The quantitative estimate of drug-likeness (QED) is 0.189. The number of carbonyl (C=O) groups excluding carboxylic acids is 2. The lowest BCUT2D eigenvalue weighted by molar-refractivity contribution is -0.126. The van der Waals surface area contributed by atoms with Crippen LogP contribution in [-0.2, 0) is 16.1 Å². The summed E-state index contributed by atoms with van der Waals surface area (Å²) in [4.78, 5) is 32.8. The van der Waals surface area contributed by atoms with Gasteiger partial charge in [-0.15, -0.1) is 9.24 Å². The Morgan fingerprint density at radius 3 is 2.41 bits per heavy atom. The van der Waals surface area contributed by atoms with Gasteiger partial charge in [-0.1, -0.05) is 24.3 Å². The third-order valence-electron chi connectivity index (χ3n) is 4.49. The second-order valence-electron chi connectivity index (χ2n) is 7.00. The lowest BCUT2D eigenvalue weighted by Crippen LogP contribution is -2.41. The van der Waals surface area contributed by atoms with E-state index < -0.39 is 11.7 Å². The van der Waals surface area contributed by atoms with Crippen LogP contribution in [0.25, 0.3) is 0 Å². The number of likely N-dealkylation sites (N-methyl/N-ethyl adjacent to an activating group) is 1. The topological polar surface area (TPSA) is 94.1 Å². The summed E-state index contributed by atoms with van der Waals surface area (Å²) in [5, 5.41) is 13.2. The number of hydrogen-bond donors (Lipinski definition) is 3. The molecule has 0 aliphatic carbocycles. The van der Waals surface area contributed by atoms with Gasteiger partial charge >= 0.3 is 0 Å². The first-order valence-corrected chi connectivity index (χ1v) is 10.5. The van der Waals surface area contributed by atoms with Crippen molar-refractivity contribution >= 4 is 26.9 Å². The van der Waals surface area contributed by atoms with Crippen LogP contribution in [0.15, 0.2) is 60.0 Å². The molecule has 10 heteroatoms. The third-order valence-corrected chi connectivity index (χ3v) is 4.87. The van der Waals surface area contributed by atoms with Crippen LogP contribution in [0.3, 0.4) is 0 Å². The Hall–Kier alpha value is -3.16. The van der Waals surface area contributed by atoms with E-state index in [-0.39, 0.29) is 18.1 Å². The number of hydroxylamine groups is 1. The number of halogens is 1. The number of nitrogens with zero attached hydrogens (tertiary/aromatic N) is 2. The highest BCUT2D eigenvalue weighted by atomic mass is 31.0. The van der Waals surface area contributed by atoms with Crippen molar-refractivity contribution in [2.45, 2.75) is 13.0 Å². The molecule has 1 atom stereocenters. The number of aliphatic hydroxyl groups excluding tert-OH is 1. The Bertz CT molecular complexity index is 923. The Morgan fingerprint density at radius 1 is 1.16 bits per heavy atom. The fourth-order valence-corrected chi connectivity index (χ4v) is 2.84. The molecule has 0 heterocycles. The maximum absolute atomic E-state index is 13.2. The molecule has 0 aliphatic heterocycles. The molecule has 0 saturated heterocycles. The Morgan fingerprint density at radius 2 is 1.81 bits per heavy atom. The van der Waals surface area contributed by atoms with Crippen LogP contribution >= 0.6 is 9.24 Å². The molecule has 3 N–H and O–H groups in total. The van der Waals surface area contributed by atoms with E-state index in [4.69, 9.17) is 9.94 Å². The number of carbonyl (C=O) groups is 2. The number of aliphatic hydroxyl groups is 1. The predicted molar refractivity (Wildman–Crippen MR) is 123 cm³/mol. The zero-order chi connectivity index (χ0) is 23.5. The summed E-state index contributed by atoms with van der Waals surface area (Å²) < 4.78 is 13.2. The van der Waals surface area contributed by atoms with Crippen LogP contribution in [0.5, 0.6) is 5.75 Å². The molecule has 2 aromatic rings. The van der Waals surface area contributed by atoms with Gasteiger partial charge in [0, 0.05) is 33.8 Å². The Labute approximate surface area is 189 Å². The lowest BCUT2D eigenvalue weighted by Gasteiger charge is -2.25. The minimum atomic E-state index is -0.419. The second kappa shape index (κ2) is 12.6. The molecule has 0 aromatic heterocycles. The summed E-state index contributed by atoms with van der Waals surface area (Å²) in [5.74, 6) is -0.454. The van der Waals surface area contributed by atoms with E-state index in [1.54, 1.807) is 7.05 Å². The van der Waals surface area contributed by atoms with Crippen molar-refractivity contribution in [2.75, 3.05) is 27.2 Å². The summed E-state index contributed by atoms with van der Waals surface area (Å²) in [7, 11) is 5.67. The van der Waals surface area contributed by atoms with Crippen LogP contribution in [0.2, 0.25) is 0 Å². The van der Waals surface area contributed by atoms with Gasteiger partial charge in [0.05, 0.1) is 0 Å². The zero-order valence-corrected chi connectivity index (χ0v) is 19.2. The highest BCUT2D eigenvalue weighted by Crippen LogP contribution is 2.13. The monoisotopic (exact) mass is 462 g/mol. The number of nitrogens with one attached hydrogen (secondary N) is 2. The molecule has 0 spiro atoms. The molecule has 2 aromatic carbocycles. The first-order valence-electron chi connectivity index (χ1n) is 9.91. The molecule has 0 saturated carbocycles. The van der Waals surface area contributed by atoms with E-state index in [2.05, 4.69) is 20.0 Å². The minimum absolute atomic E-state index is 0.0570. The van der Waals surface area contributed by atoms with Crippen molar-refractivity contribution in [3.8, 4) is 5.75 Å². The van der Waals surface area contributed by atoms with Gasteiger partial charge in [0.1, 0.15) is 11.5 Å². The molecule has 0 fully saturated rings. The molecule has 0 radical (unpaired) electrons. The third kappa shape index (κ3) is 7.51. The zero-order valence-electron chi connectivity index (χ0n) is 18.0. The van der Waals surface area contributed by atoms with Crippen LogP contribution < -0.4 is 20.9 Å². The van der Waals surface area contributed by atoms with E-state index >= 15 is 0 Å². The van der Waals surface area contributed by atoms with Crippen molar-refractivity contribution in [2.24, 2.45) is 0 Å². The van der Waals surface area contributed by atoms with Gasteiger partial charge in [-0.25, -0.2) is 9.87 Å². The van der Waals surface area contributed by atoms with E-state index in [0.717, 1.165) is 15.8 Å². The highest BCUT2D eigenvalue weighted by Gasteiger charge is 2.22. The van der Waals surface area contributed by atoms with Crippen molar-refractivity contribution < 1.29 is 23.9 Å². The largest absolute Gasteiger partial charge is 0.396 e. The van der Waals surface area contributed by atoms with Gasteiger partial charge in [-0.05, 0) is 41.6 Å². The molecule has 0 aliphatic rings. The SMILES string of the molecule is CN(CCCO)C(=O)/C(NCc1ccc(P)cc1)=C(/NOc1ccc(F)cc1)N(C)C=O. The number of hydrogen-bond acceptors (Lipinski definition) is 6. The Balaban J connectivity index is 2.34. The molecular formula is C22H28FN4O4P. The molecular weight excluding hydrogens is 434 g/mol. The first-order chi connectivity index (χ1) is 15.3. The molecule has 1 unspecified atom stereocenters. The van der Waals surface area contributed by atoms with Crippen molar-refractivity contribution in [1.29, 1.82) is 0 Å². The van der Waals surface area contributed by atoms with Gasteiger partial charge in [0.25, 0.3) is 5.91 Å². The van der Waals surface area contributed by atoms with E-state index in [0.29, 0.717) is 31.7 Å². The van der Waals surface area contributed by atoms with Crippen molar-refractivity contribution in [3.05, 3.63) is 71.4 Å². The summed E-state index contributed by atoms with van der Waals surface area (Å²) in [5.41, 5.74) is 3.65.